The molecule has 0 fully saturated rings. The average Bonchev–Trinajstić information content (AvgIpc) is 2.29. The van der Waals surface area contributed by atoms with E-state index in [0.717, 1.165) is 4.47 Å². The van der Waals surface area contributed by atoms with Crippen molar-refractivity contribution in [2.45, 2.75) is 0 Å². The Morgan fingerprint density at radius 3 is 2.71 bits per heavy atom. The summed E-state index contributed by atoms with van der Waals surface area (Å²) in [5.41, 5.74) is 8.21. The minimum Gasteiger partial charge on any atom is -0.382 e. The van der Waals surface area contributed by atoms with Crippen LogP contribution in [0.5, 0.6) is 0 Å². The van der Waals surface area contributed by atoms with Gasteiger partial charge in [0.05, 0.1) is 11.3 Å². The fourth-order valence-corrected chi connectivity index (χ4v) is 1.33. The van der Waals surface area contributed by atoms with E-state index in [1.807, 2.05) is 6.07 Å². The van der Waals surface area contributed by atoms with Crippen LogP contribution in [0.1, 0.15) is 5.56 Å². The summed E-state index contributed by atoms with van der Waals surface area (Å²) in [6.07, 6.45) is 0. The average molecular weight is 291 g/mol. The summed E-state index contributed by atoms with van der Waals surface area (Å²) >= 11 is 3.25. The van der Waals surface area contributed by atoms with Gasteiger partial charge in [0.2, 0.25) is 5.71 Å². The van der Waals surface area contributed by atoms with Crippen molar-refractivity contribution in [3.05, 3.63) is 28.2 Å². The summed E-state index contributed by atoms with van der Waals surface area (Å²) in [5, 5.41) is 28.2. The molecule has 6 nitrogen and oxygen atoms in total. The molecule has 0 amide bonds. The van der Waals surface area contributed by atoms with Gasteiger partial charge in [-0.3, -0.25) is 10.8 Å². The molecule has 0 heterocycles. The molecule has 1 aromatic rings. The van der Waals surface area contributed by atoms with Crippen molar-refractivity contribution >= 4 is 33.2 Å². The first-order valence-corrected chi connectivity index (χ1v) is 5.15. The van der Waals surface area contributed by atoms with E-state index >= 15 is 0 Å². The van der Waals surface area contributed by atoms with E-state index < -0.39 is 5.84 Å². The van der Waals surface area contributed by atoms with Crippen molar-refractivity contribution in [3.63, 3.8) is 0 Å². The fourth-order valence-electron chi connectivity index (χ4n) is 0.968. The van der Waals surface area contributed by atoms with Gasteiger partial charge in [-0.05, 0) is 18.2 Å². The number of rotatable bonds is 3. The summed E-state index contributed by atoms with van der Waals surface area (Å²) < 4.78 is 0.760. The second-order valence-electron chi connectivity index (χ2n) is 2.90. The van der Waals surface area contributed by atoms with Crippen molar-refractivity contribution in [2.24, 2.45) is 10.8 Å². The van der Waals surface area contributed by atoms with Gasteiger partial charge in [0.15, 0.2) is 5.84 Å². The molecule has 0 aliphatic carbocycles. The van der Waals surface area contributed by atoms with Crippen LogP contribution in [-0.2, 0) is 0 Å². The third-order valence-corrected chi connectivity index (χ3v) is 2.24. The third-order valence-electron chi connectivity index (χ3n) is 1.75. The predicted molar refractivity (Wildman–Crippen MR) is 67.4 cm³/mol. The van der Waals surface area contributed by atoms with E-state index in [9.17, 15) is 0 Å². The largest absolute Gasteiger partial charge is 0.382 e. The van der Waals surface area contributed by atoms with Crippen molar-refractivity contribution in [1.82, 2.24) is 0 Å². The molecule has 1 aromatic carbocycles. The number of halogens is 1. The van der Waals surface area contributed by atoms with Crippen molar-refractivity contribution in [3.8, 4) is 12.1 Å². The molecule has 7 heteroatoms. The van der Waals surface area contributed by atoms with Crippen LogP contribution >= 0.6 is 15.9 Å². The maximum Gasteiger partial charge on any atom is 0.201 e. The Labute approximate surface area is 106 Å². The number of hydrogen-bond donors (Lipinski definition) is 3. The van der Waals surface area contributed by atoms with Gasteiger partial charge in [-0.25, -0.2) is 0 Å². The molecule has 1 rings (SSSR count). The standard InChI is InChI=1S/C10H7BrN6/c11-7-2-1-6(4-12)8(3-7)16-17-9(5-13)10(14)15/h1-3,16H,(H3,14,15)/b17-9+. The molecular weight excluding hydrogens is 284 g/mol. The summed E-state index contributed by atoms with van der Waals surface area (Å²) in [5.74, 6) is -0.437. The first kappa shape index (κ1) is 12.7. The zero-order chi connectivity index (χ0) is 12.8. The minimum atomic E-state index is -0.437. The summed E-state index contributed by atoms with van der Waals surface area (Å²) in [7, 11) is 0. The minimum absolute atomic E-state index is 0.242. The monoisotopic (exact) mass is 290 g/mol. The zero-order valence-corrected chi connectivity index (χ0v) is 10.1. The Kier molecular flexibility index (Phi) is 4.21. The van der Waals surface area contributed by atoms with Crippen molar-refractivity contribution in [1.29, 1.82) is 15.9 Å². The number of hydrazone groups is 1. The number of benzene rings is 1. The first-order valence-electron chi connectivity index (χ1n) is 4.36. The summed E-state index contributed by atoms with van der Waals surface area (Å²) in [6, 6.07) is 8.59. The Bertz CT molecular complexity index is 563. The van der Waals surface area contributed by atoms with Crippen LogP contribution < -0.4 is 11.2 Å². The molecule has 0 unspecified atom stereocenters. The Hall–Kier alpha value is -2.38. The molecular formula is C10H7BrN6. The molecule has 17 heavy (non-hydrogen) atoms. The lowest BCUT2D eigenvalue weighted by atomic mass is 10.2. The lowest BCUT2D eigenvalue weighted by Crippen LogP contribution is -2.21. The zero-order valence-electron chi connectivity index (χ0n) is 8.53. The van der Waals surface area contributed by atoms with Gasteiger partial charge < -0.3 is 5.73 Å². The topological polar surface area (TPSA) is 122 Å². The van der Waals surface area contributed by atoms with Crippen LogP contribution in [-0.4, -0.2) is 11.5 Å². The Morgan fingerprint density at radius 2 is 2.18 bits per heavy atom. The number of hydrogen-bond acceptors (Lipinski definition) is 5. The number of nitriles is 2. The van der Waals surface area contributed by atoms with Crippen molar-refractivity contribution < 1.29 is 0 Å². The molecule has 0 radical (unpaired) electrons. The van der Waals surface area contributed by atoms with E-state index in [0.29, 0.717) is 11.3 Å². The van der Waals surface area contributed by atoms with Crippen LogP contribution in [0, 0.1) is 28.1 Å². The van der Waals surface area contributed by atoms with E-state index in [1.165, 1.54) is 0 Å². The number of nitrogens with zero attached hydrogens (tertiary/aromatic N) is 3. The normalized spacial score (nSPS) is 10.2. The van der Waals surface area contributed by atoms with Crippen LogP contribution in [0.2, 0.25) is 0 Å². The van der Waals surface area contributed by atoms with Gasteiger partial charge in [0, 0.05) is 4.47 Å². The molecule has 0 atom stereocenters. The number of anilines is 1. The Morgan fingerprint density at radius 1 is 1.47 bits per heavy atom. The van der Waals surface area contributed by atoms with Gasteiger partial charge in [-0.1, -0.05) is 15.9 Å². The van der Waals surface area contributed by atoms with Crippen LogP contribution in [0.4, 0.5) is 5.69 Å². The van der Waals surface area contributed by atoms with E-state index in [1.54, 1.807) is 24.3 Å². The van der Waals surface area contributed by atoms with Gasteiger partial charge in [0.25, 0.3) is 0 Å². The molecule has 4 N–H and O–H groups in total. The smallest absolute Gasteiger partial charge is 0.201 e. The Balaban J connectivity index is 3.05. The molecule has 0 spiro atoms. The lowest BCUT2D eigenvalue weighted by molar-refractivity contribution is 1.32. The maximum atomic E-state index is 8.86. The highest BCUT2D eigenvalue weighted by Gasteiger charge is 2.04. The summed E-state index contributed by atoms with van der Waals surface area (Å²) in [4.78, 5) is 0. The number of nitrogens with two attached hydrogens (primary N) is 1. The highest BCUT2D eigenvalue weighted by molar-refractivity contribution is 9.10. The van der Waals surface area contributed by atoms with E-state index in [4.69, 9.17) is 21.7 Å². The molecule has 0 saturated carbocycles. The van der Waals surface area contributed by atoms with Gasteiger partial charge in [-0.2, -0.15) is 15.6 Å². The quantitative estimate of drug-likeness (QED) is 0.444. The summed E-state index contributed by atoms with van der Waals surface area (Å²) in [6.45, 7) is 0. The second kappa shape index (κ2) is 5.64. The third kappa shape index (κ3) is 3.30. The highest BCUT2D eigenvalue weighted by atomic mass is 79.9. The molecule has 0 bridgehead atoms. The molecule has 84 valence electrons. The number of nitrogens with one attached hydrogen (secondary N) is 2. The molecule has 0 aliphatic rings. The van der Waals surface area contributed by atoms with Gasteiger partial charge in [-0.15, -0.1) is 0 Å². The van der Waals surface area contributed by atoms with Crippen molar-refractivity contribution in [2.75, 3.05) is 5.43 Å². The van der Waals surface area contributed by atoms with Crippen LogP contribution in [0.25, 0.3) is 0 Å². The molecule has 0 aromatic heterocycles. The predicted octanol–water partition coefficient (Wildman–Crippen LogP) is 1.55. The maximum absolute atomic E-state index is 8.86. The second-order valence-corrected chi connectivity index (χ2v) is 3.82. The molecule has 0 aliphatic heterocycles. The molecule has 0 saturated heterocycles. The van der Waals surface area contributed by atoms with Crippen LogP contribution in [0.3, 0.4) is 0 Å². The van der Waals surface area contributed by atoms with E-state index in [-0.39, 0.29) is 5.71 Å². The van der Waals surface area contributed by atoms with Gasteiger partial charge in [0.1, 0.15) is 12.1 Å². The number of amidine groups is 1. The first-order chi connectivity index (χ1) is 8.08. The van der Waals surface area contributed by atoms with Crippen LogP contribution in [0.15, 0.2) is 27.8 Å². The lowest BCUT2D eigenvalue weighted by Gasteiger charge is -2.03. The SMILES string of the molecule is N#C/C(=N\Nc1cc(Br)ccc1C#N)C(=N)N. The van der Waals surface area contributed by atoms with Gasteiger partial charge >= 0.3 is 0 Å². The fraction of sp³-hybridized carbons (Fsp3) is 0. The van der Waals surface area contributed by atoms with E-state index in [2.05, 4.69) is 26.5 Å². The highest BCUT2D eigenvalue weighted by Crippen LogP contribution is 2.20.